The second kappa shape index (κ2) is 7.41. The molecule has 0 saturated heterocycles. The van der Waals surface area contributed by atoms with E-state index in [0.29, 0.717) is 0 Å². The van der Waals surface area contributed by atoms with Crippen LogP contribution in [0.25, 0.3) is 0 Å². The average molecular weight is 224 g/mol. The van der Waals surface area contributed by atoms with Gasteiger partial charge >= 0.3 is 0 Å². The van der Waals surface area contributed by atoms with Gasteiger partial charge in [-0.1, -0.05) is 13.8 Å². The summed E-state index contributed by atoms with van der Waals surface area (Å²) in [6.07, 6.45) is 5.08. The van der Waals surface area contributed by atoms with Crippen molar-refractivity contribution in [3.63, 3.8) is 0 Å². The number of hydrogen-bond acceptors (Lipinski definition) is 3. The van der Waals surface area contributed by atoms with Gasteiger partial charge < -0.3 is 14.8 Å². The molecule has 0 bridgehead atoms. The monoisotopic (exact) mass is 224 g/mol. The third kappa shape index (κ3) is 3.94. The van der Waals surface area contributed by atoms with Gasteiger partial charge in [0.15, 0.2) is 0 Å². The Labute approximate surface area is 98.7 Å². The third-order valence-electron chi connectivity index (χ3n) is 2.80. The lowest BCUT2D eigenvalue weighted by molar-refractivity contribution is 0.275. The Bertz CT molecular complexity index is 282. The van der Waals surface area contributed by atoms with Crippen molar-refractivity contribution in [3.8, 4) is 0 Å². The number of aromatic nitrogens is 2. The minimum atomic E-state index is 0.889. The topological polar surface area (TPSA) is 33.1 Å². The van der Waals surface area contributed by atoms with E-state index in [9.17, 15) is 0 Å². The van der Waals surface area contributed by atoms with E-state index in [4.69, 9.17) is 0 Å². The largest absolute Gasteiger partial charge is 0.332 e. The molecule has 0 radical (unpaired) electrons. The maximum Gasteiger partial charge on any atom is 0.0949 e. The second-order valence-corrected chi connectivity index (χ2v) is 4.04. The van der Waals surface area contributed by atoms with Gasteiger partial charge in [-0.3, -0.25) is 0 Å². The highest BCUT2D eigenvalue weighted by Gasteiger charge is 2.04. The minimum absolute atomic E-state index is 0.889. The second-order valence-electron chi connectivity index (χ2n) is 4.04. The van der Waals surface area contributed by atoms with Crippen LogP contribution >= 0.6 is 0 Å². The van der Waals surface area contributed by atoms with Gasteiger partial charge in [-0.05, 0) is 26.6 Å². The molecule has 0 fully saturated rings. The van der Waals surface area contributed by atoms with Gasteiger partial charge in [-0.15, -0.1) is 0 Å². The number of imidazole rings is 1. The van der Waals surface area contributed by atoms with Gasteiger partial charge in [0.1, 0.15) is 0 Å². The zero-order chi connectivity index (χ0) is 11.8. The summed E-state index contributed by atoms with van der Waals surface area (Å²) in [6, 6.07) is 0. The lowest BCUT2D eigenvalue weighted by Crippen LogP contribution is -2.28. The van der Waals surface area contributed by atoms with Crippen molar-refractivity contribution in [3.05, 3.63) is 18.2 Å². The molecule has 1 aromatic heterocycles. The van der Waals surface area contributed by atoms with Gasteiger partial charge in [0, 0.05) is 25.8 Å². The van der Waals surface area contributed by atoms with Crippen LogP contribution in [0.2, 0.25) is 0 Å². The Kier molecular flexibility index (Phi) is 6.11. The quantitative estimate of drug-likeness (QED) is 0.723. The predicted octanol–water partition coefficient (Wildman–Crippen LogP) is 1.33. The fourth-order valence-corrected chi connectivity index (χ4v) is 1.87. The van der Waals surface area contributed by atoms with E-state index in [2.05, 4.69) is 33.6 Å². The van der Waals surface area contributed by atoms with Crippen molar-refractivity contribution < 1.29 is 0 Å². The number of rotatable bonds is 8. The van der Waals surface area contributed by atoms with Crippen LogP contribution in [0.15, 0.2) is 12.5 Å². The van der Waals surface area contributed by atoms with Crippen LogP contribution in [0.4, 0.5) is 0 Å². The van der Waals surface area contributed by atoms with E-state index in [1.807, 2.05) is 19.6 Å². The molecular weight excluding hydrogens is 200 g/mol. The maximum atomic E-state index is 4.19. The molecule has 16 heavy (non-hydrogen) atoms. The van der Waals surface area contributed by atoms with Crippen LogP contribution in [0.3, 0.4) is 0 Å². The summed E-state index contributed by atoms with van der Waals surface area (Å²) < 4.78 is 2.23. The summed E-state index contributed by atoms with van der Waals surface area (Å²) in [5.74, 6) is 0. The molecule has 0 aliphatic heterocycles. The first-order chi connectivity index (χ1) is 7.81. The van der Waals surface area contributed by atoms with Gasteiger partial charge in [0.25, 0.3) is 0 Å². The van der Waals surface area contributed by atoms with E-state index in [1.165, 1.54) is 18.7 Å². The maximum absolute atomic E-state index is 4.19. The van der Waals surface area contributed by atoms with Crippen LogP contribution in [0, 0.1) is 0 Å². The standard InChI is InChI=1S/C12H24N4/c1-4-6-15(5-2)7-8-16-11-14-10-12(16)9-13-3/h10-11,13H,4-9H2,1-3H3. The lowest BCUT2D eigenvalue weighted by Gasteiger charge is -2.20. The molecule has 0 spiro atoms. The summed E-state index contributed by atoms with van der Waals surface area (Å²) in [6.45, 7) is 9.79. The van der Waals surface area contributed by atoms with Gasteiger partial charge in [-0.2, -0.15) is 0 Å². The van der Waals surface area contributed by atoms with Gasteiger partial charge in [-0.25, -0.2) is 4.98 Å². The molecule has 1 heterocycles. The zero-order valence-corrected chi connectivity index (χ0v) is 10.7. The molecule has 1 rings (SSSR count). The summed E-state index contributed by atoms with van der Waals surface area (Å²) in [5.41, 5.74) is 1.26. The van der Waals surface area contributed by atoms with E-state index in [1.54, 1.807) is 0 Å². The van der Waals surface area contributed by atoms with Crippen molar-refractivity contribution in [1.82, 2.24) is 19.8 Å². The van der Waals surface area contributed by atoms with Crippen LogP contribution in [0.1, 0.15) is 26.0 Å². The number of likely N-dealkylation sites (N-methyl/N-ethyl adjacent to an activating group) is 1. The lowest BCUT2D eigenvalue weighted by atomic mass is 10.4. The molecule has 0 amide bonds. The molecule has 92 valence electrons. The SMILES string of the molecule is CCCN(CC)CCn1cncc1CNC. The van der Waals surface area contributed by atoms with Crippen molar-refractivity contribution in [2.45, 2.75) is 33.4 Å². The van der Waals surface area contributed by atoms with Crippen molar-refractivity contribution >= 4 is 0 Å². The molecule has 0 atom stereocenters. The highest BCUT2D eigenvalue weighted by atomic mass is 15.2. The molecule has 0 aromatic carbocycles. The summed E-state index contributed by atoms with van der Waals surface area (Å²) in [7, 11) is 1.97. The Morgan fingerprint density at radius 1 is 1.38 bits per heavy atom. The van der Waals surface area contributed by atoms with Crippen molar-refractivity contribution in [1.29, 1.82) is 0 Å². The number of hydrogen-bond donors (Lipinski definition) is 1. The van der Waals surface area contributed by atoms with E-state index < -0.39 is 0 Å². The van der Waals surface area contributed by atoms with E-state index in [-0.39, 0.29) is 0 Å². The van der Waals surface area contributed by atoms with Crippen LogP contribution in [-0.4, -0.2) is 41.1 Å². The molecule has 4 nitrogen and oxygen atoms in total. The number of nitrogens with one attached hydrogen (secondary N) is 1. The Morgan fingerprint density at radius 3 is 2.81 bits per heavy atom. The average Bonchev–Trinajstić information content (AvgIpc) is 2.72. The van der Waals surface area contributed by atoms with Gasteiger partial charge in [0.05, 0.1) is 12.0 Å². The van der Waals surface area contributed by atoms with E-state index >= 15 is 0 Å². The van der Waals surface area contributed by atoms with Crippen LogP contribution in [-0.2, 0) is 13.1 Å². The van der Waals surface area contributed by atoms with Crippen molar-refractivity contribution in [2.24, 2.45) is 0 Å². The molecular formula is C12H24N4. The zero-order valence-electron chi connectivity index (χ0n) is 10.7. The molecule has 0 aliphatic carbocycles. The third-order valence-corrected chi connectivity index (χ3v) is 2.80. The molecule has 4 heteroatoms. The molecule has 1 N–H and O–H groups in total. The summed E-state index contributed by atoms with van der Waals surface area (Å²) in [4.78, 5) is 6.67. The predicted molar refractivity (Wildman–Crippen MR) is 67.4 cm³/mol. The Morgan fingerprint density at radius 2 is 2.19 bits per heavy atom. The van der Waals surface area contributed by atoms with E-state index in [0.717, 1.165) is 26.2 Å². The highest BCUT2D eigenvalue weighted by molar-refractivity contribution is 4.97. The molecule has 0 saturated carbocycles. The molecule has 1 aromatic rings. The normalized spacial score (nSPS) is 11.2. The minimum Gasteiger partial charge on any atom is -0.332 e. The number of nitrogens with zero attached hydrogens (tertiary/aromatic N) is 3. The summed E-state index contributed by atoms with van der Waals surface area (Å²) >= 11 is 0. The first kappa shape index (κ1) is 13.2. The molecule has 0 aliphatic rings. The smallest absolute Gasteiger partial charge is 0.0949 e. The first-order valence-electron chi connectivity index (χ1n) is 6.17. The van der Waals surface area contributed by atoms with Crippen molar-refractivity contribution in [2.75, 3.05) is 26.7 Å². The van der Waals surface area contributed by atoms with Gasteiger partial charge in [0.2, 0.25) is 0 Å². The Hall–Kier alpha value is -0.870. The van der Waals surface area contributed by atoms with Crippen LogP contribution < -0.4 is 5.32 Å². The fraction of sp³-hybridized carbons (Fsp3) is 0.750. The summed E-state index contributed by atoms with van der Waals surface area (Å²) in [5, 5.41) is 3.16. The molecule has 0 unspecified atom stereocenters. The first-order valence-corrected chi connectivity index (χ1v) is 6.17. The fourth-order valence-electron chi connectivity index (χ4n) is 1.87. The van der Waals surface area contributed by atoms with Crippen LogP contribution in [0.5, 0.6) is 0 Å². The Balaban J connectivity index is 2.43. The highest BCUT2D eigenvalue weighted by Crippen LogP contribution is 2.00.